The van der Waals surface area contributed by atoms with Crippen LogP contribution < -0.4 is 0 Å². The molecule has 8 heteroatoms. The molecule has 2 heterocycles. The van der Waals surface area contributed by atoms with E-state index in [0.717, 1.165) is 30.2 Å². The Kier molecular flexibility index (Phi) is 3.94. The summed E-state index contributed by atoms with van der Waals surface area (Å²) in [5, 5.41) is 0. The van der Waals surface area contributed by atoms with Gasteiger partial charge in [0.1, 0.15) is 9.22 Å². The summed E-state index contributed by atoms with van der Waals surface area (Å²) in [6, 6.07) is 6.29. The van der Waals surface area contributed by atoms with Crippen LogP contribution in [-0.4, -0.2) is 46.8 Å². The maximum atomic E-state index is 12.4. The molecule has 0 N–H and O–H groups in total. The summed E-state index contributed by atoms with van der Waals surface area (Å²) in [5.41, 5.74) is 0.241. The first-order chi connectivity index (χ1) is 10.0. The van der Waals surface area contributed by atoms with E-state index in [0.29, 0.717) is 4.32 Å². The number of sulfonamides is 1. The Morgan fingerprint density at radius 3 is 2.57 bits per heavy atom. The number of carbonyl (C=O) groups is 1. The summed E-state index contributed by atoms with van der Waals surface area (Å²) in [5.74, 6) is -0.437. The Hall–Kier alpha value is -1.12. The molecule has 0 bridgehead atoms. The van der Waals surface area contributed by atoms with Gasteiger partial charge in [0.2, 0.25) is 0 Å². The minimum atomic E-state index is -3.73. The number of fused-ring (bicyclic) bond motifs is 1. The van der Waals surface area contributed by atoms with Gasteiger partial charge in [-0.05, 0) is 25.0 Å². The Labute approximate surface area is 133 Å². The van der Waals surface area contributed by atoms with Crippen molar-refractivity contribution in [2.45, 2.75) is 17.7 Å². The number of thioether (sulfide) groups is 1. The normalized spacial score (nSPS) is 19.9. The highest BCUT2D eigenvalue weighted by atomic mass is 32.2. The van der Waals surface area contributed by atoms with Gasteiger partial charge in [-0.1, -0.05) is 36.1 Å². The van der Waals surface area contributed by atoms with Crippen molar-refractivity contribution in [3.63, 3.8) is 0 Å². The van der Waals surface area contributed by atoms with E-state index in [2.05, 4.69) is 4.90 Å². The molecule has 0 aliphatic carbocycles. The SMILES string of the molecule is O=C1c2ccccc2S(=O)(=O)N1CSC(=S)N1CCCC1. The fourth-order valence-electron chi connectivity index (χ4n) is 2.46. The molecular formula is C13H14N2O3S3. The van der Waals surface area contributed by atoms with Gasteiger partial charge in [0.25, 0.3) is 15.9 Å². The molecule has 1 saturated heterocycles. The second-order valence-corrected chi connectivity index (χ2v) is 8.30. The third kappa shape index (κ3) is 2.56. The molecule has 0 saturated carbocycles. The maximum Gasteiger partial charge on any atom is 0.269 e. The maximum absolute atomic E-state index is 12.4. The first-order valence-corrected chi connectivity index (χ1v) is 9.43. The first kappa shape index (κ1) is 14.8. The molecule has 1 amide bonds. The largest absolute Gasteiger partial charge is 0.357 e. The molecule has 0 unspecified atom stereocenters. The van der Waals surface area contributed by atoms with Crippen molar-refractivity contribution in [1.29, 1.82) is 0 Å². The average Bonchev–Trinajstić information content (AvgIpc) is 3.06. The van der Waals surface area contributed by atoms with Gasteiger partial charge < -0.3 is 4.90 Å². The smallest absolute Gasteiger partial charge is 0.269 e. The zero-order valence-corrected chi connectivity index (χ0v) is 13.6. The quantitative estimate of drug-likeness (QED) is 0.765. The van der Waals surface area contributed by atoms with Crippen LogP contribution in [0, 0.1) is 0 Å². The monoisotopic (exact) mass is 342 g/mol. The van der Waals surface area contributed by atoms with Gasteiger partial charge in [0.05, 0.1) is 11.4 Å². The van der Waals surface area contributed by atoms with Crippen LogP contribution >= 0.6 is 24.0 Å². The van der Waals surface area contributed by atoms with Gasteiger partial charge in [-0.3, -0.25) is 4.79 Å². The summed E-state index contributed by atoms with van der Waals surface area (Å²) < 4.78 is 26.3. The van der Waals surface area contributed by atoms with Crippen molar-refractivity contribution >= 4 is 44.2 Å². The van der Waals surface area contributed by atoms with Crippen LogP contribution in [0.2, 0.25) is 0 Å². The van der Waals surface area contributed by atoms with Crippen LogP contribution in [0.15, 0.2) is 29.2 Å². The van der Waals surface area contributed by atoms with E-state index in [9.17, 15) is 13.2 Å². The second kappa shape index (κ2) is 5.58. The Bertz CT molecular complexity index is 696. The van der Waals surface area contributed by atoms with Crippen LogP contribution in [0.4, 0.5) is 0 Å². The molecule has 0 atom stereocenters. The molecule has 5 nitrogen and oxygen atoms in total. The first-order valence-electron chi connectivity index (χ1n) is 6.59. The lowest BCUT2D eigenvalue weighted by molar-refractivity contribution is 0.0887. The summed E-state index contributed by atoms with van der Waals surface area (Å²) in [4.78, 5) is 14.4. The van der Waals surface area contributed by atoms with E-state index >= 15 is 0 Å². The van der Waals surface area contributed by atoms with E-state index in [1.54, 1.807) is 18.2 Å². The fraction of sp³-hybridized carbons (Fsp3) is 0.385. The number of carbonyl (C=O) groups excluding carboxylic acids is 1. The summed E-state index contributed by atoms with van der Waals surface area (Å²) >= 11 is 6.54. The third-order valence-corrected chi connectivity index (χ3v) is 7.04. The topological polar surface area (TPSA) is 57.7 Å². The zero-order chi connectivity index (χ0) is 15.0. The number of rotatable bonds is 2. The highest BCUT2D eigenvalue weighted by Gasteiger charge is 2.40. The number of nitrogens with zero attached hydrogens (tertiary/aromatic N) is 2. The van der Waals surface area contributed by atoms with Gasteiger partial charge in [-0.2, -0.15) is 0 Å². The molecule has 0 aromatic heterocycles. The molecule has 1 fully saturated rings. The van der Waals surface area contributed by atoms with E-state index in [-0.39, 0.29) is 16.3 Å². The minimum absolute atomic E-state index is 0.0329. The molecule has 2 aliphatic rings. The number of hydrogen-bond donors (Lipinski definition) is 0. The molecule has 0 radical (unpaired) electrons. The lowest BCUT2D eigenvalue weighted by Crippen LogP contribution is -2.32. The molecule has 21 heavy (non-hydrogen) atoms. The van der Waals surface area contributed by atoms with Crippen LogP contribution in [0.1, 0.15) is 23.2 Å². The van der Waals surface area contributed by atoms with Gasteiger partial charge in [0.15, 0.2) is 0 Å². The summed E-state index contributed by atoms with van der Waals surface area (Å²) in [7, 11) is -3.73. The molecule has 2 aliphatic heterocycles. The van der Waals surface area contributed by atoms with Gasteiger partial charge in [0, 0.05) is 13.1 Å². The van der Waals surface area contributed by atoms with Crippen LogP contribution in [0.5, 0.6) is 0 Å². The van der Waals surface area contributed by atoms with Crippen LogP contribution in [0.25, 0.3) is 0 Å². The Morgan fingerprint density at radius 1 is 1.24 bits per heavy atom. The molecular weight excluding hydrogens is 328 g/mol. The zero-order valence-electron chi connectivity index (χ0n) is 11.2. The molecule has 1 aromatic carbocycles. The minimum Gasteiger partial charge on any atom is -0.357 e. The summed E-state index contributed by atoms with van der Waals surface area (Å²) in [6.45, 7) is 1.82. The van der Waals surface area contributed by atoms with Gasteiger partial charge in [-0.25, -0.2) is 12.7 Å². The van der Waals surface area contributed by atoms with E-state index in [1.807, 2.05) is 0 Å². The lowest BCUT2D eigenvalue weighted by Gasteiger charge is -2.20. The number of amides is 1. The third-order valence-electron chi connectivity index (χ3n) is 3.58. The average molecular weight is 342 g/mol. The molecule has 3 rings (SSSR count). The number of likely N-dealkylation sites (tertiary alicyclic amines) is 1. The number of hydrogen-bond acceptors (Lipinski definition) is 5. The van der Waals surface area contributed by atoms with Gasteiger partial charge >= 0.3 is 0 Å². The van der Waals surface area contributed by atoms with Crippen LogP contribution in [0.3, 0.4) is 0 Å². The van der Waals surface area contributed by atoms with Gasteiger partial charge in [-0.15, -0.1) is 0 Å². The Balaban J connectivity index is 1.75. The summed E-state index contributed by atoms with van der Waals surface area (Å²) in [6.07, 6.45) is 2.21. The molecule has 0 spiro atoms. The van der Waals surface area contributed by atoms with E-state index < -0.39 is 15.9 Å². The van der Waals surface area contributed by atoms with Crippen molar-refractivity contribution in [2.75, 3.05) is 19.0 Å². The highest BCUT2D eigenvalue weighted by Crippen LogP contribution is 2.31. The number of benzene rings is 1. The number of thiocarbonyl (C=S) groups is 1. The fourth-order valence-corrected chi connectivity index (χ4v) is 5.47. The predicted octanol–water partition coefficient (Wildman–Crippen LogP) is 1.90. The lowest BCUT2D eigenvalue weighted by atomic mass is 10.2. The molecule has 112 valence electrons. The van der Waals surface area contributed by atoms with Crippen molar-refractivity contribution < 1.29 is 13.2 Å². The van der Waals surface area contributed by atoms with Crippen molar-refractivity contribution in [3.8, 4) is 0 Å². The Morgan fingerprint density at radius 2 is 1.90 bits per heavy atom. The van der Waals surface area contributed by atoms with Crippen LogP contribution in [-0.2, 0) is 10.0 Å². The van der Waals surface area contributed by atoms with E-state index in [4.69, 9.17) is 12.2 Å². The predicted molar refractivity (Wildman–Crippen MR) is 85.7 cm³/mol. The second-order valence-electron chi connectivity index (χ2n) is 4.89. The highest BCUT2D eigenvalue weighted by molar-refractivity contribution is 8.23. The van der Waals surface area contributed by atoms with E-state index in [1.165, 1.54) is 17.8 Å². The molecule has 1 aromatic rings. The van der Waals surface area contributed by atoms with Crippen molar-refractivity contribution in [2.24, 2.45) is 0 Å². The standard InChI is InChI=1S/C13H14N2O3S3/c16-12-10-5-1-2-6-11(10)21(17,18)15(12)9-20-13(19)14-7-3-4-8-14/h1-2,5-6H,3-4,7-9H2. The van der Waals surface area contributed by atoms with Crippen molar-refractivity contribution in [3.05, 3.63) is 29.8 Å². The van der Waals surface area contributed by atoms with Crippen molar-refractivity contribution in [1.82, 2.24) is 9.21 Å².